The molecule has 244 valence electrons. The smallest absolute Gasteiger partial charge is 0.306 e. The predicted molar refractivity (Wildman–Crippen MR) is 170 cm³/mol. The molecule has 0 radical (unpaired) electrons. The number of hydrogen-bond donors (Lipinski definition) is 1. The minimum atomic E-state index is -0.805. The zero-order valence-electron chi connectivity index (χ0n) is 26.2. The SMILES string of the molecule is Cc1cc(C2CCN(C(=O)CC3CCOC3)CC2)ccc1COc1c(F)cc(F)cc1-c1cccc(N2CCC(C(=O)O)CC2)n1. The third-order valence-electron chi connectivity index (χ3n) is 9.73. The molecule has 1 unspecified atom stereocenters. The van der Waals surface area contributed by atoms with Gasteiger partial charge in [0.05, 0.1) is 11.6 Å². The summed E-state index contributed by atoms with van der Waals surface area (Å²) in [6.45, 7) is 6.13. The third-order valence-corrected chi connectivity index (χ3v) is 9.73. The van der Waals surface area contributed by atoms with Crippen molar-refractivity contribution in [3.05, 3.63) is 76.9 Å². The first-order chi connectivity index (χ1) is 22.2. The monoisotopic (exact) mass is 633 g/mol. The van der Waals surface area contributed by atoms with Gasteiger partial charge in [0.25, 0.3) is 0 Å². The summed E-state index contributed by atoms with van der Waals surface area (Å²) in [4.78, 5) is 32.8. The lowest BCUT2D eigenvalue weighted by Crippen LogP contribution is -2.38. The lowest BCUT2D eigenvalue weighted by Gasteiger charge is -2.33. The van der Waals surface area contributed by atoms with Gasteiger partial charge in [0.1, 0.15) is 18.2 Å². The predicted octanol–water partition coefficient (Wildman–Crippen LogP) is 6.35. The number of ether oxygens (including phenoxy) is 2. The average Bonchev–Trinajstić information content (AvgIpc) is 3.58. The Labute approximate surface area is 268 Å². The number of piperidine rings is 2. The second-order valence-corrected chi connectivity index (χ2v) is 12.8. The molecule has 2 aromatic carbocycles. The van der Waals surface area contributed by atoms with E-state index in [0.717, 1.165) is 56.2 Å². The number of carboxylic acids is 1. The van der Waals surface area contributed by atoms with Crippen LogP contribution in [0.15, 0.2) is 48.5 Å². The molecule has 0 spiro atoms. The highest BCUT2D eigenvalue weighted by molar-refractivity contribution is 5.76. The Morgan fingerprint density at radius 2 is 1.78 bits per heavy atom. The minimum Gasteiger partial charge on any atom is -0.485 e. The van der Waals surface area contributed by atoms with Crippen molar-refractivity contribution in [2.24, 2.45) is 11.8 Å². The van der Waals surface area contributed by atoms with E-state index < -0.39 is 17.6 Å². The van der Waals surface area contributed by atoms with Crippen molar-refractivity contribution in [1.29, 1.82) is 0 Å². The molecule has 4 heterocycles. The fourth-order valence-electron chi connectivity index (χ4n) is 6.87. The molecule has 1 aromatic heterocycles. The van der Waals surface area contributed by atoms with E-state index in [2.05, 4.69) is 12.1 Å². The first kappa shape index (κ1) is 31.9. The maximum absolute atomic E-state index is 15.2. The number of anilines is 1. The van der Waals surface area contributed by atoms with Crippen molar-refractivity contribution in [2.75, 3.05) is 44.3 Å². The number of carbonyl (C=O) groups is 2. The van der Waals surface area contributed by atoms with Gasteiger partial charge in [-0.25, -0.2) is 13.8 Å². The molecular formula is C36H41F2N3O5. The summed E-state index contributed by atoms with van der Waals surface area (Å²) in [6.07, 6.45) is 4.39. The maximum Gasteiger partial charge on any atom is 0.306 e. The minimum absolute atomic E-state index is 0.0692. The quantitative estimate of drug-likeness (QED) is 0.294. The van der Waals surface area contributed by atoms with Gasteiger partial charge >= 0.3 is 5.97 Å². The summed E-state index contributed by atoms with van der Waals surface area (Å²) >= 11 is 0. The molecule has 8 nitrogen and oxygen atoms in total. The Morgan fingerprint density at radius 3 is 2.48 bits per heavy atom. The molecule has 46 heavy (non-hydrogen) atoms. The van der Waals surface area contributed by atoms with E-state index in [1.54, 1.807) is 12.1 Å². The molecule has 3 saturated heterocycles. The average molecular weight is 634 g/mol. The van der Waals surface area contributed by atoms with Crippen LogP contribution in [0, 0.1) is 30.4 Å². The van der Waals surface area contributed by atoms with E-state index in [0.29, 0.717) is 62.3 Å². The van der Waals surface area contributed by atoms with Crippen LogP contribution in [0.25, 0.3) is 11.3 Å². The van der Waals surface area contributed by atoms with Crippen LogP contribution in [0.5, 0.6) is 5.75 Å². The first-order valence-electron chi connectivity index (χ1n) is 16.3. The highest BCUT2D eigenvalue weighted by atomic mass is 19.1. The summed E-state index contributed by atoms with van der Waals surface area (Å²) in [5.74, 6) is -1.20. The molecule has 3 fully saturated rings. The van der Waals surface area contributed by atoms with Crippen LogP contribution >= 0.6 is 0 Å². The zero-order chi connectivity index (χ0) is 32.2. The summed E-state index contributed by atoms with van der Waals surface area (Å²) in [5.41, 5.74) is 3.73. The van der Waals surface area contributed by atoms with E-state index in [1.807, 2.05) is 28.9 Å². The molecule has 1 atom stereocenters. The van der Waals surface area contributed by atoms with Gasteiger partial charge in [-0.1, -0.05) is 24.3 Å². The topological polar surface area (TPSA) is 92.2 Å². The fourth-order valence-corrected chi connectivity index (χ4v) is 6.87. The molecule has 1 amide bonds. The number of nitrogens with zero attached hydrogens (tertiary/aromatic N) is 3. The summed E-state index contributed by atoms with van der Waals surface area (Å²) < 4.78 is 41.1. The summed E-state index contributed by atoms with van der Waals surface area (Å²) in [6, 6.07) is 13.6. The number of aromatic nitrogens is 1. The Kier molecular flexibility index (Phi) is 9.82. The standard InChI is InChI=1S/C36H41F2N3O5/c1-23-17-27(25-7-14-41(15-8-25)34(42)18-24-11-16-45-21-24)5-6-28(23)22-46-35-30(19-29(37)20-31(35)38)32-3-2-4-33(39-32)40-12-9-26(10-13-40)36(43)44/h2-6,17,19-20,24-26H,7-16,18,21-22H2,1H3,(H,43,44). The Hall–Kier alpha value is -4.05. The highest BCUT2D eigenvalue weighted by Crippen LogP contribution is 2.36. The lowest BCUT2D eigenvalue weighted by atomic mass is 9.87. The highest BCUT2D eigenvalue weighted by Gasteiger charge is 2.28. The van der Waals surface area contributed by atoms with Gasteiger partial charge in [-0.2, -0.15) is 0 Å². The largest absolute Gasteiger partial charge is 0.485 e. The molecule has 10 heteroatoms. The number of halogens is 2. The van der Waals surface area contributed by atoms with Crippen LogP contribution in [0.2, 0.25) is 0 Å². The van der Waals surface area contributed by atoms with Gasteiger partial charge in [0.15, 0.2) is 11.6 Å². The molecule has 6 rings (SSSR count). The molecule has 3 aromatic rings. The van der Waals surface area contributed by atoms with Crippen LogP contribution in [0.1, 0.15) is 61.1 Å². The van der Waals surface area contributed by atoms with Gasteiger partial charge in [-0.3, -0.25) is 9.59 Å². The van der Waals surface area contributed by atoms with E-state index in [-0.39, 0.29) is 29.7 Å². The molecule has 3 aliphatic heterocycles. The van der Waals surface area contributed by atoms with E-state index in [1.165, 1.54) is 11.6 Å². The zero-order valence-corrected chi connectivity index (χ0v) is 26.2. The number of carbonyl (C=O) groups excluding carboxylic acids is 1. The van der Waals surface area contributed by atoms with E-state index in [9.17, 15) is 19.1 Å². The summed E-state index contributed by atoms with van der Waals surface area (Å²) in [7, 11) is 0. The Balaban J connectivity index is 1.11. The van der Waals surface area contributed by atoms with Crippen molar-refractivity contribution in [3.63, 3.8) is 0 Å². The fraction of sp³-hybridized carbons (Fsp3) is 0.472. The number of aryl methyl sites for hydroxylation is 1. The second-order valence-electron chi connectivity index (χ2n) is 12.8. The summed E-state index contributed by atoms with van der Waals surface area (Å²) in [5, 5.41) is 9.32. The number of carboxylic acid groups (broad SMARTS) is 1. The molecule has 0 aliphatic carbocycles. The van der Waals surface area contributed by atoms with Gasteiger partial charge in [0.2, 0.25) is 5.91 Å². The lowest BCUT2D eigenvalue weighted by molar-refractivity contribution is -0.142. The Morgan fingerprint density at radius 1 is 1.00 bits per heavy atom. The van der Waals surface area contributed by atoms with Crippen LogP contribution in [-0.4, -0.2) is 66.3 Å². The molecule has 0 bridgehead atoms. The van der Waals surface area contributed by atoms with Crippen molar-refractivity contribution < 1.29 is 33.0 Å². The van der Waals surface area contributed by atoms with Gasteiger partial charge < -0.3 is 24.4 Å². The first-order valence-corrected chi connectivity index (χ1v) is 16.3. The number of pyridine rings is 1. The van der Waals surface area contributed by atoms with Crippen LogP contribution in [-0.2, 0) is 20.9 Å². The van der Waals surface area contributed by atoms with E-state index in [4.69, 9.17) is 14.5 Å². The van der Waals surface area contributed by atoms with Crippen molar-refractivity contribution >= 4 is 17.7 Å². The van der Waals surface area contributed by atoms with Gasteiger partial charge in [0, 0.05) is 57.4 Å². The number of likely N-dealkylation sites (tertiary alicyclic amines) is 1. The van der Waals surface area contributed by atoms with Crippen molar-refractivity contribution in [2.45, 2.75) is 58.0 Å². The third kappa shape index (κ3) is 7.33. The Bertz CT molecular complexity index is 1560. The van der Waals surface area contributed by atoms with Crippen LogP contribution in [0.3, 0.4) is 0 Å². The van der Waals surface area contributed by atoms with E-state index >= 15 is 4.39 Å². The van der Waals surface area contributed by atoms with Gasteiger partial charge in [-0.05, 0) is 85.8 Å². The number of amides is 1. The van der Waals surface area contributed by atoms with Gasteiger partial charge in [-0.15, -0.1) is 0 Å². The number of hydrogen-bond acceptors (Lipinski definition) is 6. The molecule has 3 aliphatic rings. The van der Waals surface area contributed by atoms with Crippen molar-refractivity contribution in [1.82, 2.24) is 9.88 Å². The maximum atomic E-state index is 15.2. The second kappa shape index (κ2) is 14.2. The van der Waals surface area contributed by atoms with Crippen molar-refractivity contribution in [3.8, 4) is 17.0 Å². The van der Waals surface area contributed by atoms with Crippen LogP contribution < -0.4 is 9.64 Å². The molecule has 1 N–H and O–H groups in total. The number of aliphatic carboxylic acids is 1. The molecule has 0 saturated carbocycles. The number of rotatable bonds is 9. The van der Waals surface area contributed by atoms with Crippen LogP contribution in [0.4, 0.5) is 14.6 Å². The number of benzene rings is 2. The molecular weight excluding hydrogens is 592 g/mol. The normalized spacial score (nSPS) is 19.4.